The molecule has 0 aliphatic heterocycles. The molecule has 0 radical (unpaired) electrons. The lowest BCUT2D eigenvalue weighted by molar-refractivity contribution is 0.443. The van der Waals surface area contributed by atoms with Gasteiger partial charge in [0.1, 0.15) is 21.2 Å². The van der Waals surface area contributed by atoms with Crippen LogP contribution in [0.2, 0.25) is 0 Å². The molecule has 19 heavy (non-hydrogen) atoms. The van der Waals surface area contributed by atoms with Crippen LogP contribution in [0.5, 0.6) is 0 Å². The highest BCUT2D eigenvalue weighted by Crippen LogP contribution is 2.30. The Balaban J connectivity index is 2.28. The van der Waals surface area contributed by atoms with Gasteiger partial charge in [-0.25, -0.2) is 8.42 Å². The predicted molar refractivity (Wildman–Crippen MR) is 80.0 cm³/mol. The maximum atomic E-state index is 11.2. The van der Waals surface area contributed by atoms with Crippen LogP contribution in [-0.4, -0.2) is 27.5 Å². The predicted octanol–water partition coefficient (Wildman–Crippen LogP) is 2.89. The van der Waals surface area contributed by atoms with Crippen LogP contribution in [0.4, 0.5) is 0 Å². The van der Waals surface area contributed by atoms with Crippen molar-refractivity contribution in [1.82, 2.24) is 5.32 Å². The minimum Gasteiger partial charge on any atom is -0.458 e. The van der Waals surface area contributed by atoms with E-state index in [4.69, 9.17) is 4.42 Å². The fourth-order valence-corrected chi connectivity index (χ4v) is 3.11. The molecule has 0 fully saturated rings. The highest BCUT2D eigenvalue weighted by Gasteiger charge is 2.17. The van der Waals surface area contributed by atoms with Crippen molar-refractivity contribution in [2.24, 2.45) is 0 Å². The van der Waals surface area contributed by atoms with Crippen LogP contribution in [0.15, 0.2) is 33.2 Å². The van der Waals surface area contributed by atoms with E-state index in [1.807, 2.05) is 24.3 Å². The normalized spacial score (nSPS) is 13.8. The third-order valence-electron chi connectivity index (χ3n) is 2.98. The number of sulfone groups is 1. The molecule has 0 saturated heterocycles. The van der Waals surface area contributed by atoms with Crippen molar-refractivity contribution in [1.29, 1.82) is 0 Å². The van der Waals surface area contributed by atoms with Gasteiger partial charge in [-0.15, -0.1) is 0 Å². The molecule has 1 aromatic carbocycles. The summed E-state index contributed by atoms with van der Waals surface area (Å²) in [6, 6.07) is 7.67. The van der Waals surface area contributed by atoms with E-state index in [0.29, 0.717) is 6.42 Å². The second kappa shape index (κ2) is 5.64. The lowest BCUT2D eigenvalue weighted by atomic mass is 10.1. The van der Waals surface area contributed by atoms with Crippen molar-refractivity contribution in [2.45, 2.75) is 12.5 Å². The maximum Gasteiger partial charge on any atom is 0.148 e. The Hall–Kier alpha value is -0.850. The van der Waals surface area contributed by atoms with E-state index in [0.717, 1.165) is 21.2 Å². The summed E-state index contributed by atoms with van der Waals surface area (Å²) in [6.45, 7) is 0. The number of hydrogen-bond acceptors (Lipinski definition) is 4. The molecule has 0 bridgehead atoms. The first-order chi connectivity index (χ1) is 8.90. The van der Waals surface area contributed by atoms with Gasteiger partial charge in [0.15, 0.2) is 0 Å². The van der Waals surface area contributed by atoms with Gasteiger partial charge in [0, 0.05) is 11.6 Å². The van der Waals surface area contributed by atoms with Gasteiger partial charge in [-0.1, -0.05) is 12.1 Å². The zero-order valence-corrected chi connectivity index (χ0v) is 13.2. The van der Waals surface area contributed by atoms with E-state index >= 15 is 0 Å². The highest BCUT2D eigenvalue weighted by atomic mass is 79.9. The van der Waals surface area contributed by atoms with Crippen LogP contribution < -0.4 is 5.32 Å². The molecule has 1 N–H and O–H groups in total. The lowest BCUT2D eigenvalue weighted by Crippen LogP contribution is -2.19. The summed E-state index contributed by atoms with van der Waals surface area (Å²) in [5, 5.41) is 4.10. The number of rotatable bonds is 5. The molecule has 1 unspecified atom stereocenters. The van der Waals surface area contributed by atoms with Gasteiger partial charge in [-0.2, -0.15) is 0 Å². The second-order valence-corrected chi connectivity index (χ2v) is 7.68. The zero-order chi connectivity index (χ0) is 14.0. The summed E-state index contributed by atoms with van der Waals surface area (Å²) < 4.78 is 29.2. The smallest absolute Gasteiger partial charge is 0.148 e. The molecule has 0 amide bonds. The van der Waals surface area contributed by atoms with E-state index in [-0.39, 0.29) is 11.8 Å². The van der Waals surface area contributed by atoms with Gasteiger partial charge in [0.25, 0.3) is 0 Å². The molecule has 2 rings (SSSR count). The van der Waals surface area contributed by atoms with Crippen molar-refractivity contribution in [3.05, 3.63) is 34.5 Å². The summed E-state index contributed by atoms with van der Waals surface area (Å²) in [7, 11) is -1.17. The van der Waals surface area contributed by atoms with E-state index < -0.39 is 9.84 Å². The Morgan fingerprint density at radius 3 is 2.74 bits per heavy atom. The summed E-state index contributed by atoms with van der Waals surface area (Å²) in [5.41, 5.74) is 0.789. The van der Waals surface area contributed by atoms with Crippen molar-refractivity contribution in [2.75, 3.05) is 19.1 Å². The molecule has 6 heteroatoms. The van der Waals surface area contributed by atoms with Crippen molar-refractivity contribution >= 4 is 36.7 Å². The number of benzene rings is 1. The second-order valence-electron chi connectivity index (χ2n) is 4.57. The molecular weight excluding hydrogens is 330 g/mol. The van der Waals surface area contributed by atoms with Crippen LogP contribution >= 0.6 is 15.9 Å². The van der Waals surface area contributed by atoms with Crippen LogP contribution in [-0.2, 0) is 9.84 Å². The number of nitrogens with one attached hydrogen (secondary N) is 1. The number of fused-ring (bicyclic) bond motifs is 1. The molecule has 4 nitrogen and oxygen atoms in total. The third kappa shape index (κ3) is 3.58. The molecule has 1 aromatic heterocycles. The van der Waals surface area contributed by atoms with E-state index in [1.54, 1.807) is 7.05 Å². The van der Waals surface area contributed by atoms with E-state index in [9.17, 15) is 8.42 Å². The first-order valence-corrected chi connectivity index (χ1v) is 8.79. The van der Waals surface area contributed by atoms with Crippen LogP contribution in [0, 0.1) is 0 Å². The molecule has 2 aromatic rings. The summed E-state index contributed by atoms with van der Waals surface area (Å²) >= 11 is 3.44. The number of halogens is 1. The quantitative estimate of drug-likeness (QED) is 0.904. The number of furan rings is 1. The monoisotopic (exact) mass is 345 g/mol. The van der Waals surface area contributed by atoms with Crippen molar-refractivity contribution in [3.8, 4) is 0 Å². The van der Waals surface area contributed by atoms with Crippen molar-refractivity contribution in [3.63, 3.8) is 0 Å². The molecule has 0 saturated carbocycles. The van der Waals surface area contributed by atoms with Gasteiger partial charge in [-0.3, -0.25) is 0 Å². The van der Waals surface area contributed by atoms with Gasteiger partial charge in [0.05, 0.1) is 16.3 Å². The summed E-state index contributed by atoms with van der Waals surface area (Å²) in [5.74, 6) is 0.893. The lowest BCUT2D eigenvalue weighted by Gasteiger charge is -2.12. The fourth-order valence-electron chi connectivity index (χ4n) is 1.98. The number of para-hydroxylation sites is 1. The number of hydrogen-bond donors (Lipinski definition) is 1. The Labute approximate surface area is 121 Å². The molecule has 104 valence electrons. The average Bonchev–Trinajstić information content (AvgIpc) is 2.73. The van der Waals surface area contributed by atoms with Gasteiger partial charge < -0.3 is 9.73 Å². The summed E-state index contributed by atoms with van der Waals surface area (Å²) in [4.78, 5) is 0. The Morgan fingerprint density at radius 1 is 1.42 bits per heavy atom. The van der Waals surface area contributed by atoms with Gasteiger partial charge >= 0.3 is 0 Å². The average molecular weight is 346 g/mol. The Morgan fingerprint density at radius 2 is 2.16 bits per heavy atom. The van der Waals surface area contributed by atoms with Crippen molar-refractivity contribution < 1.29 is 12.8 Å². The van der Waals surface area contributed by atoms with Crippen LogP contribution in [0.25, 0.3) is 11.0 Å². The third-order valence-corrected chi connectivity index (χ3v) is 4.59. The Kier molecular flexibility index (Phi) is 4.32. The zero-order valence-electron chi connectivity index (χ0n) is 10.8. The van der Waals surface area contributed by atoms with Gasteiger partial charge in [-0.05, 0) is 41.5 Å². The SMILES string of the molecule is CNC(CCS(C)(=O)=O)c1cc2cccc(Br)c2o1. The largest absolute Gasteiger partial charge is 0.458 e. The fraction of sp³-hybridized carbons (Fsp3) is 0.385. The Bertz CT molecular complexity index is 678. The van der Waals surface area contributed by atoms with Crippen LogP contribution in [0.1, 0.15) is 18.2 Å². The molecule has 0 aliphatic carbocycles. The minimum absolute atomic E-state index is 0.103. The standard InChI is InChI=1S/C13H16BrNO3S/c1-15-11(6-7-19(2,16)17)12-8-9-4-3-5-10(14)13(9)18-12/h3-5,8,11,15H,6-7H2,1-2H3. The highest BCUT2D eigenvalue weighted by molar-refractivity contribution is 9.10. The molecule has 0 spiro atoms. The first-order valence-electron chi connectivity index (χ1n) is 5.93. The van der Waals surface area contributed by atoms with E-state index in [1.165, 1.54) is 6.26 Å². The molecule has 0 aliphatic rings. The first kappa shape index (κ1) is 14.6. The molecule has 1 atom stereocenters. The minimum atomic E-state index is -2.97. The van der Waals surface area contributed by atoms with Gasteiger partial charge in [0.2, 0.25) is 0 Å². The summed E-state index contributed by atoms with van der Waals surface area (Å²) in [6.07, 6.45) is 1.74. The van der Waals surface area contributed by atoms with E-state index in [2.05, 4.69) is 21.2 Å². The molecule has 1 heterocycles. The topological polar surface area (TPSA) is 59.3 Å². The molecular formula is C13H16BrNO3S. The van der Waals surface area contributed by atoms with Crippen LogP contribution in [0.3, 0.4) is 0 Å². The maximum absolute atomic E-state index is 11.2.